The predicted molar refractivity (Wildman–Crippen MR) is 79.8 cm³/mol. The summed E-state index contributed by atoms with van der Waals surface area (Å²) in [6, 6.07) is 5.80. The third-order valence-corrected chi connectivity index (χ3v) is 3.09. The number of hydrogen-bond acceptors (Lipinski definition) is 3. The van der Waals surface area contributed by atoms with E-state index in [2.05, 4.69) is 18.5 Å². The van der Waals surface area contributed by atoms with E-state index in [1.165, 1.54) is 0 Å². The van der Waals surface area contributed by atoms with Crippen LogP contribution in [-0.4, -0.2) is 26.8 Å². The van der Waals surface area contributed by atoms with Crippen molar-refractivity contribution in [3.63, 3.8) is 0 Å². The van der Waals surface area contributed by atoms with Crippen LogP contribution in [-0.2, 0) is 11.2 Å². The van der Waals surface area contributed by atoms with Gasteiger partial charge in [0.1, 0.15) is 18.1 Å². The first-order chi connectivity index (χ1) is 9.12. The SMILES string of the molecule is C=CCOc1ccc(C[C@H](NC)C(=C)OC)cc1Cl. The first kappa shape index (κ1) is 15.6. The zero-order valence-corrected chi connectivity index (χ0v) is 12.2. The fraction of sp³-hybridized carbons (Fsp3) is 0.333. The van der Waals surface area contributed by atoms with Crippen molar-refractivity contribution >= 4 is 11.6 Å². The summed E-state index contributed by atoms with van der Waals surface area (Å²) in [5.41, 5.74) is 1.09. The zero-order valence-electron chi connectivity index (χ0n) is 11.4. The van der Waals surface area contributed by atoms with Gasteiger partial charge in [0.25, 0.3) is 0 Å². The molecule has 0 aromatic heterocycles. The van der Waals surface area contributed by atoms with Gasteiger partial charge >= 0.3 is 0 Å². The first-order valence-electron chi connectivity index (χ1n) is 6.04. The van der Waals surface area contributed by atoms with Gasteiger partial charge in [0.05, 0.1) is 18.2 Å². The quantitative estimate of drug-likeness (QED) is 0.586. The van der Waals surface area contributed by atoms with Crippen molar-refractivity contribution in [2.45, 2.75) is 12.5 Å². The van der Waals surface area contributed by atoms with Crippen LogP contribution in [0.3, 0.4) is 0 Å². The maximum Gasteiger partial charge on any atom is 0.138 e. The van der Waals surface area contributed by atoms with E-state index in [0.717, 1.165) is 12.0 Å². The molecule has 0 aliphatic heterocycles. The van der Waals surface area contributed by atoms with E-state index in [4.69, 9.17) is 21.1 Å². The summed E-state index contributed by atoms with van der Waals surface area (Å²) in [6.07, 6.45) is 2.44. The molecular weight excluding hydrogens is 262 g/mol. The molecule has 0 unspecified atom stereocenters. The lowest BCUT2D eigenvalue weighted by atomic mass is 10.0. The lowest BCUT2D eigenvalue weighted by molar-refractivity contribution is 0.255. The van der Waals surface area contributed by atoms with Crippen molar-refractivity contribution in [1.29, 1.82) is 0 Å². The maximum absolute atomic E-state index is 6.17. The van der Waals surface area contributed by atoms with Crippen LogP contribution >= 0.6 is 11.6 Å². The van der Waals surface area contributed by atoms with E-state index in [-0.39, 0.29) is 6.04 Å². The number of methoxy groups -OCH3 is 1. The van der Waals surface area contributed by atoms with E-state index in [1.807, 2.05) is 25.2 Å². The lowest BCUT2D eigenvalue weighted by Gasteiger charge is -2.18. The molecule has 4 heteroatoms. The second-order valence-electron chi connectivity index (χ2n) is 4.08. The second kappa shape index (κ2) is 7.87. The topological polar surface area (TPSA) is 30.5 Å². The van der Waals surface area contributed by atoms with E-state index >= 15 is 0 Å². The van der Waals surface area contributed by atoms with Gasteiger partial charge in [-0.15, -0.1) is 0 Å². The first-order valence-corrected chi connectivity index (χ1v) is 6.42. The molecule has 0 bridgehead atoms. The van der Waals surface area contributed by atoms with E-state index in [1.54, 1.807) is 13.2 Å². The van der Waals surface area contributed by atoms with Crippen molar-refractivity contribution in [3.05, 3.63) is 53.8 Å². The second-order valence-corrected chi connectivity index (χ2v) is 4.49. The average Bonchev–Trinajstić information content (AvgIpc) is 2.43. The lowest BCUT2D eigenvalue weighted by Crippen LogP contribution is -2.30. The average molecular weight is 282 g/mol. The minimum atomic E-state index is 0.0565. The molecule has 3 nitrogen and oxygen atoms in total. The Kier molecular flexibility index (Phi) is 6.46. The van der Waals surface area contributed by atoms with Crippen LogP contribution in [0.5, 0.6) is 5.75 Å². The largest absolute Gasteiger partial charge is 0.500 e. The number of ether oxygens (including phenoxy) is 2. The summed E-state index contributed by atoms with van der Waals surface area (Å²) in [7, 11) is 3.49. The Morgan fingerprint density at radius 1 is 1.53 bits per heavy atom. The third-order valence-electron chi connectivity index (χ3n) is 2.79. The van der Waals surface area contributed by atoms with Gasteiger partial charge in [-0.3, -0.25) is 0 Å². The van der Waals surface area contributed by atoms with Crippen LogP contribution in [0.25, 0.3) is 0 Å². The molecule has 19 heavy (non-hydrogen) atoms. The highest BCUT2D eigenvalue weighted by Crippen LogP contribution is 2.26. The molecular formula is C15H20ClNO2. The number of rotatable bonds is 8. The molecule has 1 atom stereocenters. The van der Waals surface area contributed by atoms with Crippen LogP contribution in [0.2, 0.25) is 5.02 Å². The predicted octanol–water partition coefficient (Wildman–Crippen LogP) is 3.20. The van der Waals surface area contributed by atoms with Crippen molar-refractivity contribution < 1.29 is 9.47 Å². The molecule has 0 radical (unpaired) electrons. The van der Waals surface area contributed by atoms with Gasteiger partial charge in [0.2, 0.25) is 0 Å². The molecule has 0 heterocycles. The Morgan fingerprint density at radius 2 is 2.26 bits per heavy atom. The standard InChI is InChI=1S/C15H20ClNO2/c1-5-8-19-15-7-6-12(9-13(15)16)10-14(17-3)11(2)18-4/h5-7,9,14,17H,1-2,8,10H2,3-4H3/t14-/m0/s1. The summed E-state index contributed by atoms with van der Waals surface area (Å²) >= 11 is 6.17. The van der Waals surface area contributed by atoms with Gasteiger partial charge < -0.3 is 14.8 Å². The molecule has 0 spiro atoms. The third kappa shape index (κ3) is 4.62. The molecule has 1 N–H and O–H groups in total. The van der Waals surface area contributed by atoms with Crippen molar-refractivity contribution in [2.24, 2.45) is 0 Å². The van der Waals surface area contributed by atoms with Crippen LogP contribution in [0.15, 0.2) is 43.2 Å². The van der Waals surface area contributed by atoms with Gasteiger partial charge in [-0.05, 0) is 31.2 Å². The van der Waals surface area contributed by atoms with Crippen LogP contribution < -0.4 is 10.1 Å². The van der Waals surface area contributed by atoms with Gasteiger partial charge in [0.15, 0.2) is 0 Å². The Morgan fingerprint density at radius 3 is 2.79 bits per heavy atom. The van der Waals surface area contributed by atoms with Gasteiger partial charge in [-0.1, -0.05) is 36.9 Å². The smallest absolute Gasteiger partial charge is 0.138 e. The molecule has 0 amide bonds. The molecule has 0 aliphatic rings. The number of benzene rings is 1. The molecule has 104 valence electrons. The Balaban J connectivity index is 2.77. The number of hydrogen-bond donors (Lipinski definition) is 1. The van der Waals surface area contributed by atoms with E-state index < -0.39 is 0 Å². The monoisotopic (exact) mass is 281 g/mol. The highest BCUT2D eigenvalue weighted by molar-refractivity contribution is 6.32. The minimum Gasteiger partial charge on any atom is -0.500 e. The summed E-state index contributed by atoms with van der Waals surface area (Å²) in [6.45, 7) is 7.91. The number of likely N-dealkylation sites (N-methyl/N-ethyl adjacent to an activating group) is 1. The Bertz CT molecular complexity index is 446. The highest BCUT2D eigenvalue weighted by atomic mass is 35.5. The van der Waals surface area contributed by atoms with Crippen molar-refractivity contribution in [2.75, 3.05) is 20.8 Å². The summed E-state index contributed by atoms with van der Waals surface area (Å²) < 4.78 is 10.6. The summed E-state index contributed by atoms with van der Waals surface area (Å²) in [4.78, 5) is 0. The molecule has 0 fully saturated rings. The Labute approximate surface area is 119 Å². The van der Waals surface area contributed by atoms with E-state index in [9.17, 15) is 0 Å². The molecule has 0 aliphatic carbocycles. The van der Waals surface area contributed by atoms with Crippen LogP contribution in [0.4, 0.5) is 0 Å². The van der Waals surface area contributed by atoms with Crippen molar-refractivity contribution in [1.82, 2.24) is 5.32 Å². The summed E-state index contributed by atoms with van der Waals surface area (Å²) in [5, 5.41) is 3.75. The normalized spacial score (nSPS) is 11.7. The van der Waals surface area contributed by atoms with Crippen LogP contribution in [0, 0.1) is 0 Å². The molecule has 1 aromatic carbocycles. The molecule has 1 rings (SSSR count). The minimum absolute atomic E-state index is 0.0565. The molecule has 0 saturated heterocycles. The van der Waals surface area contributed by atoms with Crippen molar-refractivity contribution in [3.8, 4) is 5.75 Å². The molecule has 0 saturated carbocycles. The van der Waals surface area contributed by atoms with Gasteiger partial charge in [-0.25, -0.2) is 0 Å². The highest BCUT2D eigenvalue weighted by Gasteiger charge is 2.12. The number of nitrogens with one attached hydrogen (secondary N) is 1. The zero-order chi connectivity index (χ0) is 14.3. The Hall–Kier alpha value is -1.45. The van der Waals surface area contributed by atoms with Crippen LogP contribution in [0.1, 0.15) is 5.56 Å². The fourth-order valence-corrected chi connectivity index (χ4v) is 1.95. The fourth-order valence-electron chi connectivity index (χ4n) is 1.69. The van der Waals surface area contributed by atoms with Gasteiger partial charge in [-0.2, -0.15) is 0 Å². The van der Waals surface area contributed by atoms with Gasteiger partial charge in [0, 0.05) is 0 Å². The van der Waals surface area contributed by atoms with E-state index in [0.29, 0.717) is 23.1 Å². The maximum atomic E-state index is 6.17. The summed E-state index contributed by atoms with van der Waals surface area (Å²) in [5.74, 6) is 1.36. The molecule has 1 aromatic rings. The number of halogens is 1.